The van der Waals surface area contributed by atoms with Gasteiger partial charge in [0.15, 0.2) is 0 Å². The Morgan fingerprint density at radius 3 is 3.15 bits per heavy atom. The third kappa shape index (κ3) is 1.36. The Balaban J connectivity index is 2.36. The summed E-state index contributed by atoms with van der Waals surface area (Å²) in [6.07, 6.45) is 0. The van der Waals surface area contributed by atoms with Crippen LogP contribution in [0.4, 0.5) is 0 Å². The molecule has 2 heterocycles. The molecule has 1 aliphatic heterocycles. The predicted octanol–water partition coefficient (Wildman–Crippen LogP) is 0.428. The highest BCUT2D eigenvalue weighted by Crippen LogP contribution is 2.19. The van der Waals surface area contributed by atoms with E-state index < -0.39 is 0 Å². The van der Waals surface area contributed by atoms with Crippen LogP contribution < -0.4 is 5.32 Å². The summed E-state index contributed by atoms with van der Waals surface area (Å²) in [6.45, 7) is 5.15. The molecule has 2 rings (SSSR count). The third-order valence-corrected chi connectivity index (χ3v) is 2.74. The summed E-state index contributed by atoms with van der Waals surface area (Å²) in [7, 11) is 0. The van der Waals surface area contributed by atoms with Gasteiger partial charge in [0.2, 0.25) is 0 Å². The zero-order valence-corrected chi connectivity index (χ0v) is 7.99. The van der Waals surface area contributed by atoms with Gasteiger partial charge in [-0.15, -0.1) is 0 Å². The second-order valence-electron chi connectivity index (χ2n) is 3.64. The lowest BCUT2D eigenvalue weighted by molar-refractivity contribution is 0.269. The Bertz CT molecular complexity index is 308. The Morgan fingerprint density at radius 2 is 2.46 bits per heavy atom. The largest absolute Gasteiger partial charge is 0.390 e. The number of aliphatic hydroxyl groups excluding tert-OH is 1. The topological polar surface area (TPSA) is 50.1 Å². The molecular weight excluding hydrogens is 166 g/mol. The van der Waals surface area contributed by atoms with Crippen LogP contribution in [0.1, 0.15) is 31.3 Å². The molecule has 1 aromatic heterocycles. The molecule has 72 valence electrons. The summed E-state index contributed by atoms with van der Waals surface area (Å²) in [5.74, 6) is 0. The number of nitrogens with zero attached hydrogens (tertiary/aromatic N) is 2. The van der Waals surface area contributed by atoms with Crippen molar-refractivity contribution in [2.75, 3.05) is 0 Å². The highest BCUT2D eigenvalue weighted by Gasteiger charge is 2.23. The summed E-state index contributed by atoms with van der Waals surface area (Å²) >= 11 is 0. The maximum Gasteiger partial charge on any atom is 0.0882 e. The molecule has 4 nitrogen and oxygen atoms in total. The van der Waals surface area contributed by atoms with E-state index >= 15 is 0 Å². The van der Waals surface area contributed by atoms with Crippen LogP contribution in [0.15, 0.2) is 6.07 Å². The monoisotopic (exact) mass is 181 g/mol. The lowest BCUT2D eigenvalue weighted by Gasteiger charge is -2.28. The fourth-order valence-corrected chi connectivity index (χ4v) is 1.70. The second-order valence-corrected chi connectivity index (χ2v) is 3.64. The van der Waals surface area contributed by atoms with Gasteiger partial charge < -0.3 is 10.4 Å². The summed E-state index contributed by atoms with van der Waals surface area (Å²) in [6, 6.07) is 2.76. The molecule has 0 bridgehead atoms. The van der Waals surface area contributed by atoms with Crippen LogP contribution >= 0.6 is 0 Å². The summed E-state index contributed by atoms with van der Waals surface area (Å²) in [5, 5.41) is 16.7. The van der Waals surface area contributed by atoms with Crippen molar-refractivity contribution in [3.63, 3.8) is 0 Å². The van der Waals surface area contributed by atoms with Crippen molar-refractivity contribution in [1.82, 2.24) is 15.1 Å². The van der Waals surface area contributed by atoms with Crippen LogP contribution in [0.5, 0.6) is 0 Å². The molecule has 0 radical (unpaired) electrons. The van der Waals surface area contributed by atoms with Crippen molar-refractivity contribution in [3.05, 3.63) is 17.5 Å². The fraction of sp³-hybridized carbons (Fsp3) is 0.667. The summed E-state index contributed by atoms with van der Waals surface area (Å²) in [4.78, 5) is 0. The van der Waals surface area contributed by atoms with Crippen LogP contribution in [0, 0.1) is 0 Å². The van der Waals surface area contributed by atoms with Gasteiger partial charge in [-0.2, -0.15) is 5.10 Å². The minimum Gasteiger partial charge on any atom is -0.390 e. The van der Waals surface area contributed by atoms with Crippen molar-refractivity contribution < 1.29 is 5.11 Å². The lowest BCUT2D eigenvalue weighted by atomic mass is 10.1. The van der Waals surface area contributed by atoms with Gasteiger partial charge in [-0.25, -0.2) is 0 Å². The first-order valence-electron chi connectivity index (χ1n) is 4.64. The smallest absolute Gasteiger partial charge is 0.0882 e. The van der Waals surface area contributed by atoms with Crippen LogP contribution in [0.2, 0.25) is 0 Å². The summed E-state index contributed by atoms with van der Waals surface area (Å²) in [5.41, 5.74) is 1.92. The first kappa shape index (κ1) is 8.72. The predicted molar refractivity (Wildman–Crippen MR) is 49.2 cm³/mol. The van der Waals surface area contributed by atoms with E-state index in [4.69, 9.17) is 5.11 Å². The Kier molecular flexibility index (Phi) is 2.09. The second kappa shape index (κ2) is 3.12. The van der Waals surface area contributed by atoms with E-state index in [-0.39, 0.29) is 6.61 Å². The Labute approximate surface area is 77.6 Å². The van der Waals surface area contributed by atoms with Crippen LogP contribution in [-0.2, 0) is 13.2 Å². The van der Waals surface area contributed by atoms with Crippen molar-refractivity contribution in [2.45, 2.75) is 39.1 Å². The number of rotatable bonds is 1. The van der Waals surface area contributed by atoms with E-state index in [2.05, 4.69) is 24.3 Å². The molecular formula is C9H15N3O. The van der Waals surface area contributed by atoms with Crippen LogP contribution in [0.25, 0.3) is 0 Å². The first-order chi connectivity index (χ1) is 6.22. The van der Waals surface area contributed by atoms with E-state index in [0.717, 1.165) is 17.9 Å². The molecule has 0 aliphatic carbocycles. The maximum atomic E-state index is 8.94. The van der Waals surface area contributed by atoms with Gasteiger partial charge in [0.1, 0.15) is 0 Å². The van der Waals surface area contributed by atoms with E-state index in [9.17, 15) is 0 Å². The maximum absolute atomic E-state index is 8.94. The minimum atomic E-state index is 0.0289. The van der Waals surface area contributed by atoms with Crippen molar-refractivity contribution in [1.29, 1.82) is 0 Å². The molecule has 1 unspecified atom stereocenters. The average molecular weight is 181 g/mol. The number of hydrogen-bond acceptors (Lipinski definition) is 3. The van der Waals surface area contributed by atoms with Gasteiger partial charge in [-0.3, -0.25) is 4.68 Å². The summed E-state index contributed by atoms with van der Waals surface area (Å²) < 4.78 is 2.01. The first-order valence-corrected chi connectivity index (χ1v) is 4.64. The van der Waals surface area contributed by atoms with Gasteiger partial charge in [-0.1, -0.05) is 0 Å². The molecule has 0 saturated heterocycles. The van der Waals surface area contributed by atoms with E-state index in [1.165, 1.54) is 0 Å². The minimum absolute atomic E-state index is 0.0289. The van der Waals surface area contributed by atoms with Crippen molar-refractivity contribution in [3.8, 4) is 0 Å². The molecule has 0 saturated carbocycles. The highest BCUT2D eigenvalue weighted by atomic mass is 16.3. The molecule has 0 spiro atoms. The molecule has 2 atom stereocenters. The van der Waals surface area contributed by atoms with Gasteiger partial charge >= 0.3 is 0 Å². The van der Waals surface area contributed by atoms with E-state index in [1.54, 1.807) is 0 Å². The highest BCUT2D eigenvalue weighted by molar-refractivity contribution is 5.13. The molecule has 2 N–H and O–H groups in total. The lowest BCUT2D eigenvalue weighted by Crippen LogP contribution is -2.39. The number of aromatic nitrogens is 2. The number of fused-ring (bicyclic) bond motifs is 1. The zero-order valence-electron chi connectivity index (χ0n) is 7.99. The molecule has 0 aromatic carbocycles. The van der Waals surface area contributed by atoms with Gasteiger partial charge in [0.25, 0.3) is 0 Å². The van der Waals surface area contributed by atoms with Crippen LogP contribution in [-0.4, -0.2) is 20.9 Å². The number of hydrogen-bond donors (Lipinski definition) is 2. The van der Waals surface area contributed by atoms with Crippen molar-refractivity contribution >= 4 is 0 Å². The van der Waals surface area contributed by atoms with E-state index in [0.29, 0.717) is 12.1 Å². The van der Waals surface area contributed by atoms with Crippen LogP contribution in [0.3, 0.4) is 0 Å². The fourth-order valence-electron chi connectivity index (χ4n) is 1.70. The quantitative estimate of drug-likeness (QED) is 0.660. The third-order valence-electron chi connectivity index (χ3n) is 2.74. The molecule has 0 fully saturated rings. The molecule has 1 aliphatic rings. The van der Waals surface area contributed by atoms with E-state index in [1.807, 2.05) is 10.7 Å². The van der Waals surface area contributed by atoms with Gasteiger partial charge in [0.05, 0.1) is 24.0 Å². The normalized spacial score (nSPS) is 27.3. The molecule has 4 heteroatoms. The van der Waals surface area contributed by atoms with Gasteiger partial charge in [-0.05, 0) is 19.9 Å². The Morgan fingerprint density at radius 1 is 1.69 bits per heavy atom. The number of nitrogens with one attached hydrogen (secondary N) is 1. The standard InChI is InChI=1S/C9H15N3O/c1-6-7(2)12-9(4-10-6)3-8(5-13)11-12/h3,6-7,10,13H,4-5H2,1-2H3/t6-,7?/m1/s1. The zero-order chi connectivity index (χ0) is 9.42. The van der Waals surface area contributed by atoms with Gasteiger partial charge in [0, 0.05) is 12.6 Å². The molecule has 0 amide bonds. The average Bonchev–Trinajstić information content (AvgIpc) is 2.55. The molecule has 13 heavy (non-hydrogen) atoms. The number of aliphatic hydroxyl groups is 1. The Hall–Kier alpha value is -0.870. The van der Waals surface area contributed by atoms with Crippen molar-refractivity contribution in [2.24, 2.45) is 0 Å². The SMILES string of the molecule is CC1[C@@H](C)NCc2cc(CO)nn21. The molecule has 1 aromatic rings.